The third-order valence-corrected chi connectivity index (χ3v) is 9.75. The van der Waals surface area contributed by atoms with E-state index >= 15 is 0 Å². The van der Waals surface area contributed by atoms with E-state index in [-0.39, 0.29) is 38.6 Å². The lowest BCUT2D eigenvalue weighted by atomic mass is 9.77. The monoisotopic (exact) mass is 690 g/mol. The highest BCUT2D eigenvalue weighted by Gasteiger charge is 2.51. The molecule has 11 heteroatoms. The molecule has 0 radical (unpaired) electrons. The van der Waals surface area contributed by atoms with E-state index in [1.165, 1.54) is 39.2 Å². The van der Waals surface area contributed by atoms with E-state index < -0.39 is 30.1 Å². The molecule has 4 atom stereocenters. The molecule has 0 fully saturated rings. The summed E-state index contributed by atoms with van der Waals surface area (Å²) in [5.74, 6) is -0.569. The van der Waals surface area contributed by atoms with E-state index in [1.54, 1.807) is 41.3 Å². The number of aliphatic hydroxyl groups excluding tert-OH is 3. The number of hydrogen-bond donors (Lipinski definition) is 4. The van der Waals surface area contributed by atoms with Gasteiger partial charge in [-0.15, -0.1) is 0 Å². The van der Waals surface area contributed by atoms with Crippen molar-refractivity contribution >= 4 is 35.0 Å². The van der Waals surface area contributed by atoms with Gasteiger partial charge in [-0.1, -0.05) is 87.6 Å². The zero-order valence-electron chi connectivity index (χ0n) is 27.4. The molecular formula is C36H48Cl2N2O7. The van der Waals surface area contributed by atoms with Gasteiger partial charge in [0.15, 0.2) is 11.5 Å². The molecule has 4 N–H and O–H groups in total. The zero-order valence-corrected chi connectivity index (χ0v) is 28.9. The molecule has 2 aromatic carbocycles. The van der Waals surface area contributed by atoms with Crippen LogP contribution in [-0.2, 0) is 22.7 Å². The Morgan fingerprint density at radius 1 is 0.957 bits per heavy atom. The summed E-state index contributed by atoms with van der Waals surface area (Å²) >= 11 is 12.5. The second-order valence-electron chi connectivity index (χ2n) is 12.4. The summed E-state index contributed by atoms with van der Waals surface area (Å²) in [5, 5.41) is 34.7. The molecule has 1 heterocycles. The van der Waals surface area contributed by atoms with Crippen molar-refractivity contribution in [3.8, 4) is 11.5 Å². The molecule has 258 valence electrons. The van der Waals surface area contributed by atoms with Crippen molar-refractivity contribution in [3.63, 3.8) is 0 Å². The summed E-state index contributed by atoms with van der Waals surface area (Å²) in [4.78, 5) is 29.2. The molecule has 1 aliphatic heterocycles. The number of hydrogen-bond acceptors (Lipinski definition) is 7. The summed E-state index contributed by atoms with van der Waals surface area (Å²) in [5.41, 5.74) is 2.18. The molecule has 0 unspecified atom stereocenters. The third kappa shape index (κ3) is 9.21. The number of carbonyl (C=O) groups excluding carboxylic acids is 2. The van der Waals surface area contributed by atoms with Crippen LogP contribution in [0.25, 0.3) is 0 Å². The van der Waals surface area contributed by atoms with Gasteiger partial charge in [-0.3, -0.25) is 9.59 Å². The fourth-order valence-corrected chi connectivity index (χ4v) is 6.86. The number of ether oxygens (including phenoxy) is 2. The van der Waals surface area contributed by atoms with E-state index in [9.17, 15) is 24.9 Å². The lowest BCUT2D eigenvalue weighted by Crippen LogP contribution is -2.55. The van der Waals surface area contributed by atoms with Crippen LogP contribution in [0.3, 0.4) is 0 Å². The van der Waals surface area contributed by atoms with Crippen molar-refractivity contribution in [1.82, 2.24) is 10.2 Å². The fourth-order valence-electron chi connectivity index (χ4n) is 6.54. The Labute approximate surface area is 287 Å². The molecule has 2 aliphatic rings. The summed E-state index contributed by atoms with van der Waals surface area (Å²) in [7, 11) is 1.48. The Bertz CT molecular complexity index is 1400. The van der Waals surface area contributed by atoms with Gasteiger partial charge >= 0.3 is 0 Å². The van der Waals surface area contributed by atoms with Crippen LogP contribution in [0.5, 0.6) is 11.5 Å². The predicted octanol–water partition coefficient (Wildman–Crippen LogP) is 6.07. The molecule has 9 nitrogen and oxygen atoms in total. The van der Waals surface area contributed by atoms with Gasteiger partial charge in [0.25, 0.3) is 0 Å². The van der Waals surface area contributed by atoms with E-state index in [0.717, 1.165) is 24.8 Å². The molecule has 0 spiro atoms. The molecular weight excluding hydrogens is 643 g/mol. The SMILES string of the molecule is CCCCCCCCCCCC(=O)N(Cc1ccc(Cl)c(Cl)c1)[C@@H]1C=C(C(=O)NCCO)[C@@H]2c3cc(CO)cc(OC)c3O[C@@H]2[C@H]1O. The van der Waals surface area contributed by atoms with Gasteiger partial charge in [-0.05, 0) is 47.9 Å². The third-order valence-electron chi connectivity index (χ3n) is 9.01. The van der Waals surface area contributed by atoms with Crippen LogP contribution < -0.4 is 14.8 Å². The van der Waals surface area contributed by atoms with Crippen LogP contribution in [0.4, 0.5) is 0 Å². The topological polar surface area (TPSA) is 129 Å². The van der Waals surface area contributed by atoms with E-state index in [0.29, 0.717) is 44.7 Å². The largest absolute Gasteiger partial charge is 0.493 e. The van der Waals surface area contributed by atoms with Crippen molar-refractivity contribution < 1.29 is 34.4 Å². The standard InChI is InChI=1S/C36H48Cl2N2O7/c1-3-4-5-6-7-8-9-10-11-12-31(43)40(21-23-13-14-27(37)28(38)18-23)29-20-26(36(45)39-15-16-41)32-25-17-24(22-42)19-30(46-2)34(25)47-35(32)33(29)44/h13-14,17-20,29,32-33,35,41-42,44H,3-12,15-16,21-22H2,1-2H3,(H,39,45)/t29-,32+,33+,35+/m1/s1. The van der Waals surface area contributed by atoms with Crippen LogP contribution in [0.1, 0.15) is 93.7 Å². The van der Waals surface area contributed by atoms with Crippen molar-refractivity contribution in [2.45, 2.75) is 108 Å². The maximum atomic E-state index is 14.0. The summed E-state index contributed by atoms with van der Waals surface area (Å²) in [6.45, 7) is 1.85. The molecule has 0 saturated carbocycles. The number of halogens is 2. The number of fused-ring (bicyclic) bond motifs is 3. The summed E-state index contributed by atoms with van der Waals surface area (Å²) in [6.07, 6.45) is 9.82. The van der Waals surface area contributed by atoms with Crippen LogP contribution in [-0.4, -0.2) is 70.5 Å². The van der Waals surface area contributed by atoms with Crippen molar-refractivity contribution in [1.29, 1.82) is 0 Å². The molecule has 0 aromatic heterocycles. The van der Waals surface area contributed by atoms with Gasteiger partial charge in [0.1, 0.15) is 12.2 Å². The van der Waals surface area contributed by atoms with Crippen molar-refractivity contribution in [2.24, 2.45) is 0 Å². The first-order chi connectivity index (χ1) is 22.7. The fraction of sp³-hybridized carbons (Fsp3) is 0.556. The molecule has 0 bridgehead atoms. The van der Waals surface area contributed by atoms with Crippen LogP contribution in [0, 0.1) is 0 Å². The van der Waals surface area contributed by atoms with E-state index in [2.05, 4.69) is 12.2 Å². The number of methoxy groups -OCH3 is 1. The lowest BCUT2D eigenvalue weighted by Gasteiger charge is -2.41. The second-order valence-corrected chi connectivity index (χ2v) is 13.2. The van der Waals surface area contributed by atoms with Crippen molar-refractivity contribution in [2.75, 3.05) is 20.3 Å². The quantitative estimate of drug-likeness (QED) is 0.140. The molecule has 47 heavy (non-hydrogen) atoms. The number of unbranched alkanes of at least 4 members (excludes halogenated alkanes) is 8. The highest BCUT2D eigenvalue weighted by atomic mass is 35.5. The van der Waals surface area contributed by atoms with E-state index in [1.807, 2.05) is 0 Å². The highest BCUT2D eigenvalue weighted by molar-refractivity contribution is 6.42. The average molecular weight is 692 g/mol. The number of nitrogens with one attached hydrogen (secondary N) is 1. The first-order valence-corrected chi connectivity index (χ1v) is 17.5. The Hall–Kier alpha value is -2.82. The first kappa shape index (κ1) is 37.0. The minimum atomic E-state index is -1.21. The van der Waals surface area contributed by atoms with Gasteiger partial charge < -0.3 is 35.0 Å². The lowest BCUT2D eigenvalue weighted by molar-refractivity contribution is -0.138. The van der Waals surface area contributed by atoms with Gasteiger partial charge in [0.2, 0.25) is 11.8 Å². The maximum absolute atomic E-state index is 14.0. The average Bonchev–Trinajstić information content (AvgIpc) is 3.47. The Balaban J connectivity index is 1.64. The normalized spacial score (nSPS) is 19.8. The molecule has 2 amide bonds. The van der Waals surface area contributed by atoms with Gasteiger partial charge in [-0.25, -0.2) is 0 Å². The van der Waals surface area contributed by atoms with E-state index in [4.69, 9.17) is 32.7 Å². The second kappa shape index (κ2) is 18.1. The van der Waals surface area contributed by atoms with Crippen molar-refractivity contribution in [3.05, 3.63) is 68.7 Å². The number of benzene rings is 2. The molecule has 4 rings (SSSR count). The smallest absolute Gasteiger partial charge is 0.247 e. The van der Waals surface area contributed by atoms with Crippen LogP contribution in [0.15, 0.2) is 42.0 Å². The Morgan fingerprint density at radius 2 is 1.66 bits per heavy atom. The number of aliphatic hydroxyl groups is 3. The predicted molar refractivity (Wildman–Crippen MR) is 183 cm³/mol. The number of carbonyl (C=O) groups is 2. The Morgan fingerprint density at radius 3 is 2.30 bits per heavy atom. The maximum Gasteiger partial charge on any atom is 0.247 e. The van der Waals surface area contributed by atoms with Crippen LogP contribution >= 0.6 is 23.2 Å². The summed E-state index contributed by atoms with van der Waals surface area (Å²) in [6, 6.07) is 7.63. The minimum Gasteiger partial charge on any atom is -0.493 e. The molecule has 0 saturated heterocycles. The number of nitrogens with zero attached hydrogens (tertiary/aromatic N) is 1. The van der Waals surface area contributed by atoms with Gasteiger partial charge in [0, 0.05) is 30.6 Å². The minimum absolute atomic E-state index is 0.0268. The highest BCUT2D eigenvalue weighted by Crippen LogP contribution is 2.51. The molecule has 1 aliphatic carbocycles. The Kier molecular flexibility index (Phi) is 14.2. The van der Waals surface area contributed by atoms with Crippen LogP contribution in [0.2, 0.25) is 10.0 Å². The first-order valence-electron chi connectivity index (χ1n) is 16.7. The van der Waals surface area contributed by atoms with Gasteiger partial charge in [0.05, 0.1) is 42.3 Å². The number of amides is 2. The summed E-state index contributed by atoms with van der Waals surface area (Å²) < 4.78 is 11.9. The zero-order chi connectivity index (χ0) is 33.9. The molecule has 2 aromatic rings. The van der Waals surface area contributed by atoms with Gasteiger partial charge in [-0.2, -0.15) is 0 Å². The number of rotatable bonds is 18.